The molecule has 1 rings (SSSR count). The Morgan fingerprint density at radius 2 is 2.00 bits per heavy atom. The van der Waals surface area contributed by atoms with E-state index in [1.165, 1.54) is 19.3 Å². The summed E-state index contributed by atoms with van der Waals surface area (Å²) in [6.07, 6.45) is 3.70. The van der Waals surface area contributed by atoms with Crippen LogP contribution in [0, 0.1) is 18.7 Å². The maximum Gasteiger partial charge on any atom is 0.127 e. The lowest BCUT2D eigenvalue weighted by Gasteiger charge is -2.08. The summed E-state index contributed by atoms with van der Waals surface area (Å²) in [6.45, 7) is 8.09. The Hall–Kier alpha value is -0.890. The third-order valence-corrected chi connectivity index (χ3v) is 2.90. The first kappa shape index (κ1) is 14.2. The predicted molar refractivity (Wildman–Crippen MR) is 71.5 cm³/mol. The molecule has 1 aromatic rings. The van der Waals surface area contributed by atoms with Gasteiger partial charge in [-0.05, 0) is 31.9 Å². The molecule has 0 atom stereocenters. The highest BCUT2D eigenvalue weighted by atomic mass is 19.1. The number of halogens is 1. The van der Waals surface area contributed by atoms with Gasteiger partial charge in [-0.2, -0.15) is 0 Å². The smallest absolute Gasteiger partial charge is 0.127 e. The fraction of sp³-hybridized carbons (Fsp3) is 0.600. The summed E-state index contributed by atoms with van der Waals surface area (Å²) in [4.78, 5) is 0. The molecular weight excluding hydrogens is 213 g/mol. The van der Waals surface area contributed by atoms with Gasteiger partial charge < -0.3 is 5.32 Å². The lowest BCUT2D eigenvalue weighted by atomic mass is 10.1. The molecule has 96 valence electrons. The van der Waals surface area contributed by atoms with Gasteiger partial charge in [0.05, 0.1) is 0 Å². The Morgan fingerprint density at radius 3 is 2.71 bits per heavy atom. The lowest BCUT2D eigenvalue weighted by molar-refractivity contribution is 0.516. The largest absolute Gasteiger partial charge is 0.313 e. The quantitative estimate of drug-likeness (QED) is 0.705. The van der Waals surface area contributed by atoms with E-state index in [-0.39, 0.29) is 5.82 Å². The minimum atomic E-state index is -0.106. The average Bonchev–Trinajstić information content (AvgIpc) is 2.27. The zero-order chi connectivity index (χ0) is 12.7. The van der Waals surface area contributed by atoms with Crippen molar-refractivity contribution in [3.8, 4) is 0 Å². The number of nitrogens with one attached hydrogen (secondary N) is 1. The first-order valence-electron chi connectivity index (χ1n) is 6.55. The van der Waals surface area contributed by atoms with Crippen LogP contribution in [0.2, 0.25) is 0 Å². The van der Waals surface area contributed by atoms with E-state index in [9.17, 15) is 4.39 Å². The Labute approximate surface area is 104 Å². The van der Waals surface area contributed by atoms with E-state index >= 15 is 0 Å². The second-order valence-electron chi connectivity index (χ2n) is 5.16. The van der Waals surface area contributed by atoms with Gasteiger partial charge in [0.2, 0.25) is 0 Å². The van der Waals surface area contributed by atoms with E-state index in [1.54, 1.807) is 6.07 Å². The predicted octanol–water partition coefficient (Wildman–Crippen LogP) is 4.05. The van der Waals surface area contributed by atoms with Crippen LogP contribution in [0.15, 0.2) is 18.2 Å². The molecule has 1 aromatic carbocycles. The number of aryl methyl sites for hydroxylation is 1. The Morgan fingerprint density at radius 1 is 1.24 bits per heavy atom. The van der Waals surface area contributed by atoms with E-state index in [4.69, 9.17) is 0 Å². The first-order chi connectivity index (χ1) is 8.09. The van der Waals surface area contributed by atoms with Crippen molar-refractivity contribution in [3.05, 3.63) is 35.1 Å². The molecule has 2 heteroatoms. The molecule has 17 heavy (non-hydrogen) atoms. The molecule has 0 unspecified atom stereocenters. The highest BCUT2D eigenvalue weighted by molar-refractivity contribution is 5.23. The Bertz CT molecular complexity index is 334. The van der Waals surface area contributed by atoms with Gasteiger partial charge in [-0.15, -0.1) is 0 Å². The third kappa shape index (κ3) is 5.83. The summed E-state index contributed by atoms with van der Waals surface area (Å²) in [5.74, 6) is 0.675. The van der Waals surface area contributed by atoms with E-state index in [0.717, 1.165) is 23.6 Å². The highest BCUT2D eigenvalue weighted by Crippen LogP contribution is 2.10. The number of unbranched alkanes of at least 4 members (excludes halogenated alkanes) is 1. The maximum absolute atomic E-state index is 13.4. The van der Waals surface area contributed by atoms with Gasteiger partial charge in [0.15, 0.2) is 0 Å². The summed E-state index contributed by atoms with van der Waals surface area (Å²) in [5, 5.41) is 3.30. The van der Waals surface area contributed by atoms with Gasteiger partial charge >= 0.3 is 0 Å². The van der Waals surface area contributed by atoms with Crippen LogP contribution in [0.1, 0.15) is 44.2 Å². The van der Waals surface area contributed by atoms with Gasteiger partial charge in [-0.25, -0.2) is 4.39 Å². The summed E-state index contributed by atoms with van der Waals surface area (Å²) >= 11 is 0. The van der Waals surface area contributed by atoms with Crippen LogP contribution in [0.3, 0.4) is 0 Å². The van der Waals surface area contributed by atoms with Gasteiger partial charge in [-0.1, -0.05) is 44.4 Å². The monoisotopic (exact) mass is 237 g/mol. The lowest BCUT2D eigenvalue weighted by Crippen LogP contribution is -2.15. The Balaban J connectivity index is 2.20. The van der Waals surface area contributed by atoms with Crippen LogP contribution < -0.4 is 5.32 Å². The van der Waals surface area contributed by atoms with Crippen molar-refractivity contribution in [3.63, 3.8) is 0 Å². The second-order valence-corrected chi connectivity index (χ2v) is 5.16. The highest BCUT2D eigenvalue weighted by Gasteiger charge is 2.01. The fourth-order valence-corrected chi connectivity index (χ4v) is 1.86. The van der Waals surface area contributed by atoms with Crippen molar-refractivity contribution in [2.75, 3.05) is 6.54 Å². The summed E-state index contributed by atoms with van der Waals surface area (Å²) in [5.41, 5.74) is 1.89. The van der Waals surface area contributed by atoms with Crippen LogP contribution in [-0.4, -0.2) is 6.54 Å². The van der Waals surface area contributed by atoms with Crippen LogP contribution in [-0.2, 0) is 6.54 Å². The molecule has 0 saturated carbocycles. The molecular formula is C15H24FN. The van der Waals surface area contributed by atoms with Gasteiger partial charge in [-0.3, -0.25) is 0 Å². The molecule has 0 bridgehead atoms. The van der Waals surface area contributed by atoms with Crippen LogP contribution >= 0.6 is 0 Å². The molecule has 0 radical (unpaired) electrons. The number of hydrogen-bond acceptors (Lipinski definition) is 1. The number of hydrogen-bond donors (Lipinski definition) is 1. The number of rotatable bonds is 7. The normalized spacial score (nSPS) is 11.1. The van der Waals surface area contributed by atoms with E-state index in [0.29, 0.717) is 6.54 Å². The molecule has 0 aromatic heterocycles. The van der Waals surface area contributed by atoms with Gasteiger partial charge in [0.1, 0.15) is 5.82 Å². The number of benzene rings is 1. The third-order valence-electron chi connectivity index (χ3n) is 2.90. The first-order valence-corrected chi connectivity index (χ1v) is 6.55. The molecule has 0 spiro atoms. The van der Waals surface area contributed by atoms with Crippen LogP contribution in [0.5, 0.6) is 0 Å². The van der Waals surface area contributed by atoms with Crippen molar-refractivity contribution in [1.29, 1.82) is 0 Å². The Kier molecular flexibility index (Phi) is 6.20. The molecule has 0 saturated heterocycles. The van der Waals surface area contributed by atoms with E-state index < -0.39 is 0 Å². The van der Waals surface area contributed by atoms with Crippen molar-refractivity contribution in [1.82, 2.24) is 5.32 Å². The molecule has 0 aliphatic heterocycles. The van der Waals surface area contributed by atoms with E-state index in [1.807, 2.05) is 19.1 Å². The minimum Gasteiger partial charge on any atom is -0.313 e. The molecule has 1 N–H and O–H groups in total. The zero-order valence-electron chi connectivity index (χ0n) is 11.2. The molecule has 0 aliphatic carbocycles. The fourth-order valence-electron chi connectivity index (χ4n) is 1.86. The maximum atomic E-state index is 13.4. The molecule has 1 nitrogen and oxygen atoms in total. The second kappa shape index (κ2) is 7.44. The minimum absolute atomic E-state index is 0.106. The van der Waals surface area contributed by atoms with Gasteiger partial charge in [0.25, 0.3) is 0 Å². The average molecular weight is 237 g/mol. The van der Waals surface area contributed by atoms with Crippen LogP contribution in [0.25, 0.3) is 0 Å². The summed E-state index contributed by atoms with van der Waals surface area (Å²) < 4.78 is 13.4. The van der Waals surface area contributed by atoms with Crippen molar-refractivity contribution in [2.45, 2.75) is 46.6 Å². The molecule has 0 aliphatic rings. The van der Waals surface area contributed by atoms with Crippen molar-refractivity contribution >= 4 is 0 Å². The topological polar surface area (TPSA) is 12.0 Å². The SMILES string of the molecule is Cc1ccc(F)c(CNCCCCC(C)C)c1. The van der Waals surface area contributed by atoms with Crippen LogP contribution in [0.4, 0.5) is 4.39 Å². The molecule has 0 fully saturated rings. The summed E-state index contributed by atoms with van der Waals surface area (Å²) in [7, 11) is 0. The van der Waals surface area contributed by atoms with Crippen molar-refractivity contribution in [2.24, 2.45) is 5.92 Å². The summed E-state index contributed by atoms with van der Waals surface area (Å²) in [6, 6.07) is 5.27. The van der Waals surface area contributed by atoms with E-state index in [2.05, 4.69) is 19.2 Å². The van der Waals surface area contributed by atoms with Crippen molar-refractivity contribution < 1.29 is 4.39 Å². The molecule has 0 amide bonds. The zero-order valence-corrected chi connectivity index (χ0v) is 11.2. The standard InChI is InChI=1S/C15H24FN/c1-12(2)6-4-5-9-17-11-14-10-13(3)7-8-15(14)16/h7-8,10,12,17H,4-6,9,11H2,1-3H3. The molecule has 0 heterocycles. The van der Waals surface area contributed by atoms with Gasteiger partial charge in [0, 0.05) is 12.1 Å².